The lowest BCUT2D eigenvalue weighted by molar-refractivity contribution is 0.475. The van der Waals surface area contributed by atoms with E-state index in [0.29, 0.717) is 11.2 Å². The molecular formula is C12H8N4O. The van der Waals surface area contributed by atoms with Crippen molar-refractivity contribution in [1.29, 1.82) is 0 Å². The second-order valence-electron chi connectivity index (χ2n) is 3.53. The van der Waals surface area contributed by atoms with Gasteiger partial charge in [0.15, 0.2) is 5.65 Å². The molecule has 17 heavy (non-hydrogen) atoms. The van der Waals surface area contributed by atoms with E-state index in [0.717, 1.165) is 11.3 Å². The van der Waals surface area contributed by atoms with Crippen LogP contribution in [0.4, 0.5) is 0 Å². The summed E-state index contributed by atoms with van der Waals surface area (Å²) in [6, 6.07) is 6.79. The van der Waals surface area contributed by atoms with Gasteiger partial charge in [-0.1, -0.05) is 0 Å². The van der Waals surface area contributed by atoms with Crippen molar-refractivity contribution in [3.63, 3.8) is 0 Å². The zero-order valence-corrected chi connectivity index (χ0v) is 8.78. The molecule has 1 N–H and O–H groups in total. The fourth-order valence-electron chi connectivity index (χ4n) is 1.54. The Hall–Kier alpha value is -2.56. The van der Waals surface area contributed by atoms with Crippen LogP contribution in [0.15, 0.2) is 43.0 Å². The largest absolute Gasteiger partial charge is 0.508 e. The molecule has 2 heterocycles. The molecular weight excluding hydrogens is 216 g/mol. The molecule has 2 aromatic heterocycles. The van der Waals surface area contributed by atoms with Crippen LogP contribution in [0, 0.1) is 0 Å². The van der Waals surface area contributed by atoms with Gasteiger partial charge in [0.2, 0.25) is 0 Å². The Labute approximate surface area is 96.8 Å². The summed E-state index contributed by atoms with van der Waals surface area (Å²) >= 11 is 0. The standard InChI is InChI=1S/C12H8N4O/c17-9-3-1-8(2-4-9)10-6-14-11-5-13-7-15-12(11)16-10/h1-7,17H. The Morgan fingerprint density at radius 2 is 1.76 bits per heavy atom. The first-order valence-corrected chi connectivity index (χ1v) is 5.05. The molecule has 0 amide bonds. The van der Waals surface area contributed by atoms with Gasteiger partial charge in [0, 0.05) is 5.56 Å². The van der Waals surface area contributed by atoms with Crippen molar-refractivity contribution in [3.05, 3.63) is 43.0 Å². The molecule has 3 aromatic rings. The van der Waals surface area contributed by atoms with Crippen molar-refractivity contribution in [2.75, 3.05) is 0 Å². The topological polar surface area (TPSA) is 71.8 Å². The van der Waals surface area contributed by atoms with E-state index in [1.165, 1.54) is 6.33 Å². The predicted octanol–water partition coefficient (Wildman–Crippen LogP) is 1.79. The zero-order chi connectivity index (χ0) is 11.7. The maximum absolute atomic E-state index is 9.22. The van der Waals surface area contributed by atoms with Gasteiger partial charge in [-0.15, -0.1) is 0 Å². The molecule has 0 radical (unpaired) electrons. The van der Waals surface area contributed by atoms with E-state index < -0.39 is 0 Å². The third-order valence-corrected chi connectivity index (χ3v) is 2.39. The fraction of sp³-hybridized carbons (Fsp3) is 0. The van der Waals surface area contributed by atoms with E-state index in [-0.39, 0.29) is 5.75 Å². The minimum atomic E-state index is 0.227. The first kappa shape index (κ1) is 9.65. The van der Waals surface area contributed by atoms with E-state index >= 15 is 0 Å². The third-order valence-electron chi connectivity index (χ3n) is 2.39. The highest BCUT2D eigenvalue weighted by Crippen LogP contribution is 2.20. The summed E-state index contributed by atoms with van der Waals surface area (Å²) < 4.78 is 0. The van der Waals surface area contributed by atoms with Crippen molar-refractivity contribution in [3.8, 4) is 17.0 Å². The molecule has 3 rings (SSSR count). The molecule has 0 fully saturated rings. The van der Waals surface area contributed by atoms with Gasteiger partial charge in [0.05, 0.1) is 18.1 Å². The number of phenolic OH excluding ortho intramolecular Hbond substituents is 1. The molecule has 1 aromatic carbocycles. The summed E-state index contributed by atoms with van der Waals surface area (Å²) in [6.07, 6.45) is 4.73. The number of fused-ring (bicyclic) bond motifs is 1. The molecule has 0 aliphatic rings. The number of phenols is 1. The minimum absolute atomic E-state index is 0.227. The molecule has 5 heteroatoms. The van der Waals surface area contributed by atoms with Gasteiger partial charge < -0.3 is 5.11 Å². The Morgan fingerprint density at radius 1 is 0.941 bits per heavy atom. The van der Waals surface area contributed by atoms with Crippen molar-refractivity contribution in [2.45, 2.75) is 0 Å². The Morgan fingerprint density at radius 3 is 2.59 bits per heavy atom. The van der Waals surface area contributed by atoms with Gasteiger partial charge >= 0.3 is 0 Å². The van der Waals surface area contributed by atoms with Crippen LogP contribution in [0.3, 0.4) is 0 Å². The van der Waals surface area contributed by atoms with E-state index in [2.05, 4.69) is 19.9 Å². The molecule has 0 aliphatic heterocycles. The smallest absolute Gasteiger partial charge is 0.181 e. The summed E-state index contributed by atoms with van der Waals surface area (Å²) in [5.74, 6) is 0.227. The van der Waals surface area contributed by atoms with Crippen molar-refractivity contribution >= 4 is 11.2 Å². The van der Waals surface area contributed by atoms with Gasteiger partial charge in [-0.2, -0.15) is 0 Å². The number of aromatic nitrogens is 4. The second-order valence-corrected chi connectivity index (χ2v) is 3.53. The van der Waals surface area contributed by atoms with E-state index in [1.54, 1.807) is 36.7 Å². The maximum Gasteiger partial charge on any atom is 0.181 e. The maximum atomic E-state index is 9.22. The normalized spacial score (nSPS) is 10.6. The van der Waals surface area contributed by atoms with Crippen LogP contribution in [0.1, 0.15) is 0 Å². The highest BCUT2D eigenvalue weighted by molar-refractivity contribution is 5.72. The number of nitrogens with zero attached hydrogens (tertiary/aromatic N) is 4. The lowest BCUT2D eigenvalue weighted by atomic mass is 10.1. The van der Waals surface area contributed by atoms with Crippen LogP contribution in [0.2, 0.25) is 0 Å². The monoisotopic (exact) mass is 224 g/mol. The molecule has 0 atom stereocenters. The van der Waals surface area contributed by atoms with Crippen molar-refractivity contribution < 1.29 is 5.11 Å². The quantitative estimate of drug-likeness (QED) is 0.682. The van der Waals surface area contributed by atoms with Crippen LogP contribution in [0.5, 0.6) is 5.75 Å². The van der Waals surface area contributed by atoms with Crippen LogP contribution in [-0.2, 0) is 0 Å². The summed E-state index contributed by atoms with van der Waals surface area (Å²) in [4.78, 5) is 16.5. The summed E-state index contributed by atoms with van der Waals surface area (Å²) in [6.45, 7) is 0. The van der Waals surface area contributed by atoms with Gasteiger partial charge in [0.1, 0.15) is 17.6 Å². The first-order chi connectivity index (χ1) is 8.33. The molecule has 5 nitrogen and oxygen atoms in total. The van der Waals surface area contributed by atoms with E-state index in [9.17, 15) is 5.11 Å². The Balaban J connectivity index is 2.14. The SMILES string of the molecule is Oc1ccc(-c2cnc3cncnc3n2)cc1. The first-order valence-electron chi connectivity index (χ1n) is 5.05. The second kappa shape index (κ2) is 3.79. The highest BCUT2D eigenvalue weighted by atomic mass is 16.3. The Bertz CT molecular complexity index is 667. The highest BCUT2D eigenvalue weighted by Gasteiger charge is 2.03. The van der Waals surface area contributed by atoms with Crippen LogP contribution < -0.4 is 0 Å². The molecule has 0 saturated carbocycles. The molecule has 0 unspecified atom stereocenters. The molecule has 0 spiro atoms. The summed E-state index contributed by atoms with van der Waals surface area (Å²) in [5, 5.41) is 9.22. The third kappa shape index (κ3) is 1.78. The number of hydrogen-bond donors (Lipinski definition) is 1. The number of rotatable bonds is 1. The number of aromatic hydroxyl groups is 1. The van der Waals surface area contributed by atoms with Crippen LogP contribution in [-0.4, -0.2) is 25.0 Å². The Kier molecular flexibility index (Phi) is 2.15. The van der Waals surface area contributed by atoms with Crippen LogP contribution in [0.25, 0.3) is 22.4 Å². The van der Waals surface area contributed by atoms with Gasteiger partial charge in [-0.25, -0.2) is 19.9 Å². The molecule has 0 saturated heterocycles. The van der Waals surface area contributed by atoms with Gasteiger partial charge in [-0.3, -0.25) is 0 Å². The van der Waals surface area contributed by atoms with E-state index in [4.69, 9.17) is 0 Å². The van der Waals surface area contributed by atoms with Crippen LogP contribution >= 0.6 is 0 Å². The molecule has 0 aliphatic carbocycles. The molecule has 0 bridgehead atoms. The molecule has 82 valence electrons. The van der Waals surface area contributed by atoms with Gasteiger partial charge in [0.25, 0.3) is 0 Å². The summed E-state index contributed by atoms with van der Waals surface area (Å²) in [5.41, 5.74) is 2.83. The van der Waals surface area contributed by atoms with Crippen molar-refractivity contribution in [1.82, 2.24) is 19.9 Å². The average molecular weight is 224 g/mol. The summed E-state index contributed by atoms with van der Waals surface area (Å²) in [7, 11) is 0. The lowest BCUT2D eigenvalue weighted by Crippen LogP contribution is -1.91. The average Bonchev–Trinajstić information content (AvgIpc) is 2.39. The predicted molar refractivity (Wildman–Crippen MR) is 62.2 cm³/mol. The number of benzene rings is 1. The minimum Gasteiger partial charge on any atom is -0.508 e. The lowest BCUT2D eigenvalue weighted by Gasteiger charge is -2.01. The van der Waals surface area contributed by atoms with E-state index in [1.807, 2.05) is 0 Å². The zero-order valence-electron chi connectivity index (χ0n) is 8.78. The van der Waals surface area contributed by atoms with Gasteiger partial charge in [-0.05, 0) is 24.3 Å². The number of hydrogen-bond acceptors (Lipinski definition) is 5. The van der Waals surface area contributed by atoms with Crippen molar-refractivity contribution in [2.24, 2.45) is 0 Å². The fourth-order valence-corrected chi connectivity index (χ4v) is 1.54.